The number of hydrogen-bond donors (Lipinski definition) is 0. The monoisotopic (exact) mass is 382 g/mol. The van der Waals surface area contributed by atoms with E-state index < -0.39 is 0 Å². The number of morpholine rings is 1. The Hall–Kier alpha value is -2.64. The van der Waals surface area contributed by atoms with Gasteiger partial charge >= 0.3 is 0 Å². The normalized spacial score (nSPS) is 30.7. The lowest BCUT2D eigenvalue weighted by atomic mass is 10.2. The summed E-state index contributed by atoms with van der Waals surface area (Å²) in [6, 6.07) is 11.8. The molecule has 3 aliphatic heterocycles. The molecule has 0 aliphatic carbocycles. The molecule has 2 saturated heterocycles. The topological polar surface area (TPSA) is 60.8 Å². The highest BCUT2D eigenvalue weighted by atomic mass is 16.5. The van der Waals surface area contributed by atoms with Crippen LogP contribution in [0.5, 0.6) is 5.75 Å². The number of hydrogen-bond acceptors (Lipinski definition) is 4. The zero-order valence-corrected chi connectivity index (χ0v) is 16.1. The van der Waals surface area contributed by atoms with Crippen molar-refractivity contribution < 1.29 is 14.3 Å². The molecule has 1 amide bonds. The quantitative estimate of drug-likeness (QED) is 0.596. The first kappa shape index (κ1) is 17.5. The molecule has 3 unspecified atom stereocenters. The number of fused-ring (bicyclic) bond motifs is 4. The predicted octanol–water partition coefficient (Wildman–Crippen LogP) is 1.47. The zero-order chi connectivity index (χ0) is 19.5. The third-order valence-electron chi connectivity index (χ3n) is 6.59. The maximum absolute atomic E-state index is 13.4. The number of benzene rings is 1. The van der Waals surface area contributed by atoms with E-state index in [4.69, 9.17) is 9.47 Å². The first-order valence-corrected chi connectivity index (χ1v) is 9.77. The van der Waals surface area contributed by atoms with Crippen LogP contribution in [0.4, 0.5) is 0 Å². The number of amides is 1. The lowest BCUT2D eigenvalue weighted by molar-refractivity contribution is -0.0718. The Labute approximate surface area is 163 Å². The van der Waals surface area contributed by atoms with E-state index in [0.717, 1.165) is 5.56 Å². The lowest BCUT2D eigenvalue weighted by Crippen LogP contribution is -2.69. The minimum Gasteiger partial charge on any atom is -0.482 e. The molecule has 4 heterocycles. The van der Waals surface area contributed by atoms with Crippen molar-refractivity contribution >= 4 is 5.91 Å². The van der Waals surface area contributed by atoms with Crippen LogP contribution in [0, 0.1) is 0 Å². The van der Waals surface area contributed by atoms with E-state index in [0.29, 0.717) is 42.1 Å². The van der Waals surface area contributed by atoms with Crippen LogP contribution in [-0.2, 0) is 11.3 Å². The third kappa shape index (κ3) is 2.23. The molecule has 4 atom stereocenters. The molecule has 1 spiro atoms. The van der Waals surface area contributed by atoms with E-state index >= 15 is 0 Å². The number of carbonyl (C=O) groups excluding carboxylic acids is 1. The third-order valence-corrected chi connectivity index (χ3v) is 6.59. The molecule has 28 heavy (non-hydrogen) atoms. The molecular formula is C21H24N3O4+. The standard InChI is InChI=1S/C21H24N3O4/c1-14-15(2)24(14)18-13-27-11-10-22(18)21(26)19-20(17(25)8-9-23(19)24)28-12-16-6-4-3-5-7-16/h3-9,14-15,18H,10-13H2,1-2H3/q+1/t14-,15?,18?,24?/m0/s1. The fourth-order valence-electron chi connectivity index (χ4n) is 4.94. The number of pyridine rings is 1. The molecular weight excluding hydrogens is 358 g/mol. The van der Waals surface area contributed by atoms with Gasteiger partial charge in [0.25, 0.3) is 5.91 Å². The summed E-state index contributed by atoms with van der Waals surface area (Å²) in [6.07, 6.45) is 1.68. The SMILES string of the molecule is CC1[C@H](C)[N+]12C1COCCN1C(=O)c1c(OCc3ccccc3)c(=O)ccn12. The van der Waals surface area contributed by atoms with E-state index in [1.165, 1.54) is 6.07 Å². The van der Waals surface area contributed by atoms with Crippen LogP contribution in [0.25, 0.3) is 0 Å². The fraction of sp³-hybridized carbons (Fsp3) is 0.429. The maximum Gasteiger partial charge on any atom is 0.284 e. The summed E-state index contributed by atoms with van der Waals surface area (Å²) in [6.45, 7) is 6.16. The summed E-state index contributed by atoms with van der Waals surface area (Å²) in [7, 11) is 0. The molecule has 0 N–H and O–H groups in total. The van der Waals surface area contributed by atoms with Crippen LogP contribution in [0.3, 0.4) is 0 Å². The first-order valence-electron chi connectivity index (χ1n) is 9.77. The van der Waals surface area contributed by atoms with Gasteiger partial charge in [-0.3, -0.25) is 14.5 Å². The predicted molar refractivity (Wildman–Crippen MR) is 104 cm³/mol. The van der Waals surface area contributed by atoms with Gasteiger partial charge in [0.05, 0.1) is 19.3 Å². The van der Waals surface area contributed by atoms with Crippen molar-refractivity contribution in [1.82, 2.24) is 14.2 Å². The summed E-state index contributed by atoms with van der Waals surface area (Å²) in [5, 5.41) is 0. The van der Waals surface area contributed by atoms with E-state index in [2.05, 4.69) is 13.8 Å². The summed E-state index contributed by atoms with van der Waals surface area (Å²) in [5.41, 5.74) is 1.05. The van der Waals surface area contributed by atoms with Gasteiger partial charge in [0.15, 0.2) is 12.1 Å². The Morgan fingerprint density at radius 1 is 1.14 bits per heavy atom. The minimum atomic E-state index is -0.262. The maximum atomic E-state index is 13.4. The van der Waals surface area contributed by atoms with Gasteiger partial charge in [0.2, 0.25) is 23.0 Å². The Morgan fingerprint density at radius 3 is 2.61 bits per heavy atom. The minimum absolute atomic E-state index is 0.0665. The molecule has 2 fully saturated rings. The highest BCUT2D eigenvalue weighted by Crippen LogP contribution is 2.45. The lowest BCUT2D eigenvalue weighted by Gasteiger charge is -2.45. The van der Waals surface area contributed by atoms with Gasteiger partial charge in [-0.2, -0.15) is 9.27 Å². The number of rotatable bonds is 3. The molecule has 146 valence electrons. The van der Waals surface area contributed by atoms with Crippen molar-refractivity contribution in [3.05, 3.63) is 64.1 Å². The zero-order valence-electron chi connectivity index (χ0n) is 16.1. The summed E-state index contributed by atoms with van der Waals surface area (Å²) >= 11 is 0. The second kappa shape index (κ2) is 6.18. The molecule has 1 aromatic carbocycles. The van der Waals surface area contributed by atoms with Gasteiger partial charge in [-0.1, -0.05) is 30.3 Å². The Bertz CT molecular complexity index is 979. The molecule has 5 rings (SSSR count). The van der Waals surface area contributed by atoms with E-state index in [9.17, 15) is 9.59 Å². The largest absolute Gasteiger partial charge is 0.482 e. The van der Waals surface area contributed by atoms with Crippen LogP contribution in [0.2, 0.25) is 0 Å². The average molecular weight is 382 g/mol. The van der Waals surface area contributed by atoms with Crippen LogP contribution >= 0.6 is 0 Å². The van der Waals surface area contributed by atoms with Crippen LogP contribution in [-0.4, -0.2) is 53.5 Å². The van der Waals surface area contributed by atoms with Crippen LogP contribution in [0.1, 0.15) is 29.9 Å². The van der Waals surface area contributed by atoms with E-state index in [1.807, 2.05) is 39.9 Å². The number of quaternary nitrogens is 1. The highest BCUT2D eigenvalue weighted by Gasteiger charge is 2.72. The second-order valence-electron chi connectivity index (χ2n) is 7.81. The van der Waals surface area contributed by atoms with Crippen LogP contribution < -0.4 is 14.8 Å². The van der Waals surface area contributed by atoms with Gasteiger partial charge in [-0.15, -0.1) is 0 Å². The van der Waals surface area contributed by atoms with Crippen molar-refractivity contribution in [2.75, 3.05) is 19.8 Å². The van der Waals surface area contributed by atoms with Gasteiger partial charge < -0.3 is 9.47 Å². The molecule has 7 nitrogen and oxygen atoms in total. The van der Waals surface area contributed by atoms with Crippen molar-refractivity contribution in [1.29, 1.82) is 0 Å². The Kier molecular flexibility index (Phi) is 3.86. The van der Waals surface area contributed by atoms with Crippen LogP contribution in [0.15, 0.2) is 47.4 Å². The van der Waals surface area contributed by atoms with Gasteiger partial charge in [0.1, 0.15) is 13.2 Å². The van der Waals surface area contributed by atoms with Crippen molar-refractivity contribution in [2.45, 2.75) is 38.7 Å². The Balaban J connectivity index is 1.62. The Morgan fingerprint density at radius 2 is 1.89 bits per heavy atom. The molecule has 0 bridgehead atoms. The molecule has 0 radical (unpaired) electrons. The van der Waals surface area contributed by atoms with E-state index in [1.54, 1.807) is 6.20 Å². The molecule has 0 saturated carbocycles. The summed E-state index contributed by atoms with van der Waals surface area (Å²) in [5.74, 6) is -0.00536. The van der Waals surface area contributed by atoms with Gasteiger partial charge in [-0.25, -0.2) is 0 Å². The number of nitrogens with zero attached hydrogens (tertiary/aromatic N) is 3. The van der Waals surface area contributed by atoms with Gasteiger partial charge in [-0.05, 0) is 19.4 Å². The number of carbonyl (C=O) groups is 1. The summed E-state index contributed by atoms with van der Waals surface area (Å²) < 4.78 is 14.2. The van der Waals surface area contributed by atoms with E-state index in [-0.39, 0.29) is 29.9 Å². The average Bonchev–Trinajstić information content (AvgIpc) is 3.26. The molecule has 3 aliphatic rings. The van der Waals surface area contributed by atoms with Crippen molar-refractivity contribution in [3.63, 3.8) is 0 Å². The number of aromatic nitrogens is 1. The number of ether oxygens (including phenoxy) is 2. The van der Waals surface area contributed by atoms with Crippen molar-refractivity contribution in [2.24, 2.45) is 0 Å². The first-order chi connectivity index (χ1) is 13.6. The smallest absolute Gasteiger partial charge is 0.284 e. The molecule has 7 heteroatoms. The van der Waals surface area contributed by atoms with Crippen molar-refractivity contribution in [3.8, 4) is 5.75 Å². The molecule has 2 aromatic rings. The second-order valence-corrected chi connectivity index (χ2v) is 7.81. The summed E-state index contributed by atoms with van der Waals surface area (Å²) in [4.78, 5) is 27.9. The van der Waals surface area contributed by atoms with Gasteiger partial charge in [0, 0.05) is 6.07 Å². The fourth-order valence-corrected chi connectivity index (χ4v) is 4.94. The highest BCUT2D eigenvalue weighted by molar-refractivity contribution is 5.96. The molecule has 1 aromatic heterocycles.